The fourth-order valence-corrected chi connectivity index (χ4v) is 0.504. The van der Waals surface area contributed by atoms with Gasteiger partial charge in [-0.15, -0.1) is 0 Å². The molecule has 0 aliphatic carbocycles. The molecule has 2 N–H and O–H groups in total. The normalized spacial score (nSPS) is 8.41. The highest BCUT2D eigenvalue weighted by molar-refractivity contribution is 5.91. The van der Waals surface area contributed by atoms with E-state index < -0.39 is 0 Å². The van der Waals surface area contributed by atoms with Gasteiger partial charge in [0, 0.05) is 19.8 Å². The monoisotopic (exact) mass is 244 g/mol. The number of carbonyl (C=O) groups excluding carboxylic acids is 2. The maximum Gasteiger partial charge on any atom is 0.248 e. The van der Waals surface area contributed by atoms with Crippen LogP contribution >= 0.6 is 0 Å². The summed E-state index contributed by atoms with van der Waals surface area (Å²) in [7, 11) is 3.02. The van der Waals surface area contributed by atoms with Crippen LogP contribution in [0.4, 0.5) is 0 Å². The Balaban J connectivity index is 0. The van der Waals surface area contributed by atoms with Crippen LogP contribution in [0.2, 0.25) is 0 Å². The fraction of sp³-hybridized carbons (Fsp3) is 0.455. The lowest BCUT2D eigenvalue weighted by atomic mass is 10.3. The van der Waals surface area contributed by atoms with Gasteiger partial charge in [0.15, 0.2) is 0 Å². The zero-order valence-corrected chi connectivity index (χ0v) is 10.5. The third-order valence-electron chi connectivity index (χ3n) is 1.34. The molecule has 17 heavy (non-hydrogen) atoms. The van der Waals surface area contributed by atoms with E-state index >= 15 is 0 Å². The van der Waals surface area contributed by atoms with Crippen molar-refractivity contribution in [1.82, 2.24) is 10.6 Å². The van der Waals surface area contributed by atoms with E-state index in [2.05, 4.69) is 33.3 Å². The number of hydrogen-bond donors (Lipinski definition) is 2. The van der Waals surface area contributed by atoms with Crippen molar-refractivity contribution in [3.8, 4) is 0 Å². The second-order valence-electron chi connectivity index (χ2n) is 2.90. The van der Waals surface area contributed by atoms with Crippen molar-refractivity contribution < 1.29 is 19.1 Å². The van der Waals surface area contributed by atoms with E-state index in [9.17, 15) is 9.59 Å². The third-order valence-corrected chi connectivity index (χ3v) is 1.34. The van der Waals surface area contributed by atoms with Gasteiger partial charge >= 0.3 is 0 Å². The van der Waals surface area contributed by atoms with Crippen molar-refractivity contribution in [2.45, 2.75) is 6.92 Å². The number of methoxy groups -OCH3 is 2. The van der Waals surface area contributed by atoms with E-state index in [4.69, 9.17) is 0 Å². The molecule has 2 amide bonds. The topological polar surface area (TPSA) is 76.7 Å². The molecule has 0 unspecified atom stereocenters. The lowest BCUT2D eigenvalue weighted by Crippen LogP contribution is -2.25. The number of hydrogen-bond acceptors (Lipinski definition) is 4. The van der Waals surface area contributed by atoms with Crippen LogP contribution in [0.3, 0.4) is 0 Å². The van der Waals surface area contributed by atoms with E-state index in [-0.39, 0.29) is 25.3 Å². The first-order valence-corrected chi connectivity index (χ1v) is 4.81. The van der Waals surface area contributed by atoms with Gasteiger partial charge in [-0.1, -0.05) is 13.2 Å². The minimum atomic E-state index is -0.216. The van der Waals surface area contributed by atoms with Crippen LogP contribution in [0.1, 0.15) is 6.92 Å². The van der Waals surface area contributed by atoms with Gasteiger partial charge in [-0.3, -0.25) is 9.59 Å². The first-order chi connectivity index (χ1) is 7.99. The smallest absolute Gasteiger partial charge is 0.248 e. The lowest BCUT2D eigenvalue weighted by molar-refractivity contribution is -0.119. The van der Waals surface area contributed by atoms with Gasteiger partial charge in [0.05, 0.1) is 0 Å². The van der Waals surface area contributed by atoms with Crippen molar-refractivity contribution in [3.63, 3.8) is 0 Å². The van der Waals surface area contributed by atoms with Crippen LogP contribution in [0.25, 0.3) is 0 Å². The number of ether oxygens (including phenoxy) is 2. The average Bonchev–Trinajstić information content (AvgIpc) is 2.33. The van der Waals surface area contributed by atoms with Crippen LogP contribution in [-0.2, 0) is 19.1 Å². The zero-order valence-electron chi connectivity index (χ0n) is 10.5. The van der Waals surface area contributed by atoms with Crippen LogP contribution < -0.4 is 10.6 Å². The summed E-state index contributed by atoms with van der Waals surface area (Å²) in [6, 6.07) is 0. The largest absolute Gasteiger partial charge is 0.364 e. The predicted octanol–water partition coefficient (Wildman–Crippen LogP) is 0.175. The first-order valence-electron chi connectivity index (χ1n) is 4.81. The molecule has 6 heteroatoms. The molecule has 0 aromatic rings. The van der Waals surface area contributed by atoms with Gasteiger partial charge in [-0.2, -0.15) is 0 Å². The molecular formula is C11H20N2O4. The molecule has 0 atom stereocenters. The van der Waals surface area contributed by atoms with Gasteiger partial charge < -0.3 is 20.1 Å². The van der Waals surface area contributed by atoms with Gasteiger partial charge in [0.25, 0.3) is 0 Å². The fourth-order valence-electron chi connectivity index (χ4n) is 0.504. The Morgan fingerprint density at radius 2 is 1.65 bits per heavy atom. The number of rotatable bonds is 6. The Kier molecular flexibility index (Phi) is 12.9. The van der Waals surface area contributed by atoms with Gasteiger partial charge in [-0.25, -0.2) is 0 Å². The molecule has 0 radical (unpaired) electrons. The zero-order chi connectivity index (χ0) is 13.7. The SMILES string of the molecule is C=C(C)C(=O)NCOC.C=CC(=O)NCOC. The second-order valence-corrected chi connectivity index (χ2v) is 2.90. The second kappa shape index (κ2) is 12.4. The van der Waals surface area contributed by atoms with Crippen LogP contribution in [0, 0.1) is 0 Å². The number of amides is 2. The summed E-state index contributed by atoms with van der Waals surface area (Å²) < 4.78 is 9.12. The maximum atomic E-state index is 10.6. The van der Waals surface area contributed by atoms with Crippen molar-refractivity contribution >= 4 is 11.8 Å². The molecule has 0 aromatic heterocycles. The van der Waals surface area contributed by atoms with Crippen LogP contribution in [-0.4, -0.2) is 39.5 Å². The summed E-state index contributed by atoms with van der Waals surface area (Å²) >= 11 is 0. The molecule has 0 saturated heterocycles. The Hall–Kier alpha value is -1.66. The Morgan fingerprint density at radius 1 is 1.18 bits per heavy atom. The molecule has 0 spiro atoms. The summed E-state index contributed by atoms with van der Waals surface area (Å²) in [6.45, 7) is 8.81. The van der Waals surface area contributed by atoms with E-state index in [1.54, 1.807) is 6.92 Å². The predicted molar refractivity (Wildman–Crippen MR) is 65.0 cm³/mol. The Labute approximate surface area is 102 Å². The van der Waals surface area contributed by atoms with Crippen molar-refractivity contribution in [1.29, 1.82) is 0 Å². The molecule has 98 valence electrons. The number of carbonyl (C=O) groups is 2. The van der Waals surface area contributed by atoms with Crippen molar-refractivity contribution in [3.05, 3.63) is 24.8 Å². The summed E-state index contributed by atoms with van der Waals surface area (Å²) in [5, 5.41) is 4.87. The standard InChI is InChI=1S/C6H11NO2.C5H9NO2/c1-5(2)6(8)7-4-9-3;1-3-5(7)6-4-8-2/h1,4H2,2-3H3,(H,7,8);3H,1,4H2,2H3,(H,6,7). The Bertz CT molecular complexity index is 264. The van der Waals surface area contributed by atoms with E-state index in [0.29, 0.717) is 5.57 Å². The molecule has 0 aliphatic rings. The van der Waals surface area contributed by atoms with Crippen LogP contribution in [0.15, 0.2) is 24.8 Å². The molecule has 0 aliphatic heterocycles. The van der Waals surface area contributed by atoms with E-state index in [1.165, 1.54) is 20.3 Å². The summed E-state index contributed by atoms with van der Waals surface area (Å²) in [6.07, 6.45) is 1.19. The van der Waals surface area contributed by atoms with Crippen molar-refractivity contribution in [2.24, 2.45) is 0 Å². The lowest BCUT2D eigenvalue weighted by Gasteiger charge is -2.00. The summed E-state index contributed by atoms with van der Waals surface area (Å²) in [5.41, 5.74) is 0.493. The minimum Gasteiger partial charge on any atom is -0.364 e. The maximum absolute atomic E-state index is 10.6. The molecule has 6 nitrogen and oxygen atoms in total. The molecule has 0 heterocycles. The minimum absolute atomic E-state index is 0.170. The van der Waals surface area contributed by atoms with Crippen molar-refractivity contribution in [2.75, 3.05) is 27.7 Å². The molecule has 0 aromatic carbocycles. The summed E-state index contributed by atoms with van der Waals surface area (Å²) in [4.78, 5) is 20.9. The highest BCUT2D eigenvalue weighted by Crippen LogP contribution is 1.83. The van der Waals surface area contributed by atoms with Gasteiger partial charge in [0.2, 0.25) is 11.8 Å². The highest BCUT2D eigenvalue weighted by Gasteiger charge is 1.96. The Morgan fingerprint density at radius 3 is 2.00 bits per heavy atom. The highest BCUT2D eigenvalue weighted by atomic mass is 16.5. The third kappa shape index (κ3) is 14.3. The quantitative estimate of drug-likeness (QED) is 0.516. The average molecular weight is 244 g/mol. The number of nitrogens with one attached hydrogen (secondary N) is 2. The summed E-state index contributed by atoms with van der Waals surface area (Å²) in [5.74, 6) is -0.385. The molecule has 0 fully saturated rings. The molecule has 0 saturated carbocycles. The van der Waals surface area contributed by atoms with E-state index in [1.807, 2.05) is 0 Å². The van der Waals surface area contributed by atoms with Gasteiger partial charge in [-0.05, 0) is 13.0 Å². The molecule has 0 rings (SSSR count). The van der Waals surface area contributed by atoms with Gasteiger partial charge in [0.1, 0.15) is 13.5 Å². The molecular weight excluding hydrogens is 224 g/mol. The first kappa shape index (κ1) is 17.7. The molecule has 0 bridgehead atoms. The van der Waals surface area contributed by atoms with Crippen LogP contribution in [0.5, 0.6) is 0 Å². The van der Waals surface area contributed by atoms with E-state index in [0.717, 1.165) is 0 Å².